The van der Waals surface area contributed by atoms with Gasteiger partial charge in [-0.05, 0) is 57.5 Å². The standard InChI is InChI=1S/C15H25N3O2S/c1-12(2)18(11-13-5-3-4-10-17-13)14-6-8-15(9-7-14)21(16,19)20/h6-9,12-13,17H,3-5,10-11H2,1-2H3,(H2,16,19,20). The zero-order valence-corrected chi connectivity index (χ0v) is 13.6. The molecule has 1 saturated heterocycles. The Morgan fingerprint density at radius 2 is 1.95 bits per heavy atom. The molecule has 1 aliphatic rings. The lowest BCUT2D eigenvalue weighted by Crippen LogP contribution is -2.46. The zero-order chi connectivity index (χ0) is 15.5. The molecule has 1 aromatic carbocycles. The lowest BCUT2D eigenvalue weighted by molar-refractivity contribution is 0.393. The van der Waals surface area contributed by atoms with Gasteiger partial charge >= 0.3 is 0 Å². The molecule has 21 heavy (non-hydrogen) atoms. The van der Waals surface area contributed by atoms with Gasteiger partial charge in [0.05, 0.1) is 4.90 Å². The van der Waals surface area contributed by atoms with E-state index in [1.54, 1.807) is 12.1 Å². The molecule has 0 bridgehead atoms. The molecular formula is C15H25N3O2S. The predicted molar refractivity (Wildman–Crippen MR) is 85.9 cm³/mol. The molecule has 118 valence electrons. The van der Waals surface area contributed by atoms with Crippen LogP contribution >= 0.6 is 0 Å². The van der Waals surface area contributed by atoms with Crippen LogP contribution in [-0.4, -0.2) is 33.6 Å². The molecule has 1 heterocycles. The average Bonchev–Trinajstić information content (AvgIpc) is 2.45. The molecule has 6 heteroatoms. The third-order valence-electron chi connectivity index (χ3n) is 3.95. The third kappa shape index (κ3) is 4.43. The van der Waals surface area contributed by atoms with Gasteiger partial charge < -0.3 is 10.2 Å². The summed E-state index contributed by atoms with van der Waals surface area (Å²) in [5.41, 5.74) is 1.03. The highest BCUT2D eigenvalue weighted by atomic mass is 32.2. The molecule has 0 amide bonds. The van der Waals surface area contributed by atoms with Crippen LogP contribution in [0.4, 0.5) is 5.69 Å². The van der Waals surface area contributed by atoms with Gasteiger partial charge in [0.2, 0.25) is 10.0 Å². The monoisotopic (exact) mass is 311 g/mol. The van der Waals surface area contributed by atoms with Crippen molar-refractivity contribution >= 4 is 15.7 Å². The number of benzene rings is 1. The lowest BCUT2D eigenvalue weighted by atomic mass is 10.0. The van der Waals surface area contributed by atoms with Crippen LogP contribution in [0.1, 0.15) is 33.1 Å². The molecular weight excluding hydrogens is 286 g/mol. The van der Waals surface area contributed by atoms with Crippen molar-refractivity contribution in [2.24, 2.45) is 5.14 Å². The van der Waals surface area contributed by atoms with Crippen LogP contribution in [0.25, 0.3) is 0 Å². The Hall–Kier alpha value is -1.11. The number of hydrogen-bond acceptors (Lipinski definition) is 4. The van der Waals surface area contributed by atoms with Crippen molar-refractivity contribution in [1.82, 2.24) is 5.32 Å². The molecule has 1 unspecified atom stereocenters. The summed E-state index contributed by atoms with van der Waals surface area (Å²) in [4.78, 5) is 2.46. The van der Waals surface area contributed by atoms with E-state index in [1.807, 2.05) is 12.1 Å². The second-order valence-corrected chi connectivity index (χ2v) is 7.49. The van der Waals surface area contributed by atoms with Gasteiger partial charge in [-0.3, -0.25) is 0 Å². The fourth-order valence-corrected chi connectivity index (χ4v) is 3.27. The summed E-state index contributed by atoms with van der Waals surface area (Å²) < 4.78 is 22.6. The summed E-state index contributed by atoms with van der Waals surface area (Å²) in [5, 5.41) is 8.69. The molecule has 3 N–H and O–H groups in total. The first-order chi connectivity index (χ1) is 9.88. The number of primary sulfonamides is 1. The highest BCUT2D eigenvalue weighted by Crippen LogP contribution is 2.21. The molecule has 1 aromatic rings. The number of anilines is 1. The van der Waals surface area contributed by atoms with Gasteiger partial charge in [0, 0.05) is 24.3 Å². The highest BCUT2D eigenvalue weighted by molar-refractivity contribution is 7.89. The first-order valence-electron chi connectivity index (χ1n) is 7.51. The number of nitrogens with zero attached hydrogens (tertiary/aromatic N) is 1. The number of hydrogen-bond donors (Lipinski definition) is 2. The molecule has 1 fully saturated rings. The molecule has 2 rings (SSSR count). The molecule has 0 saturated carbocycles. The van der Waals surface area contributed by atoms with Gasteiger partial charge in [0.1, 0.15) is 0 Å². The second-order valence-electron chi connectivity index (χ2n) is 5.93. The van der Waals surface area contributed by atoms with E-state index in [-0.39, 0.29) is 4.90 Å². The van der Waals surface area contributed by atoms with Crippen LogP contribution in [0.5, 0.6) is 0 Å². The number of nitrogens with one attached hydrogen (secondary N) is 1. The molecule has 0 aromatic heterocycles. The van der Waals surface area contributed by atoms with Gasteiger partial charge in [-0.25, -0.2) is 13.6 Å². The summed E-state index contributed by atoms with van der Waals surface area (Å²) in [5.74, 6) is 0. The van der Waals surface area contributed by atoms with E-state index in [4.69, 9.17) is 5.14 Å². The normalized spacial score (nSPS) is 19.7. The minimum Gasteiger partial charge on any atom is -0.368 e. The zero-order valence-electron chi connectivity index (χ0n) is 12.7. The molecule has 1 atom stereocenters. The number of piperidine rings is 1. The first kappa shape index (κ1) is 16.3. The Bertz CT molecular complexity index is 549. The smallest absolute Gasteiger partial charge is 0.238 e. The quantitative estimate of drug-likeness (QED) is 0.868. The van der Waals surface area contributed by atoms with Gasteiger partial charge in [0.25, 0.3) is 0 Å². The molecule has 0 aliphatic carbocycles. The Kier molecular flexibility index (Phi) is 5.24. The van der Waals surface area contributed by atoms with Crippen molar-refractivity contribution in [1.29, 1.82) is 0 Å². The fourth-order valence-electron chi connectivity index (χ4n) is 2.76. The summed E-state index contributed by atoms with van der Waals surface area (Å²) >= 11 is 0. The molecule has 0 spiro atoms. The van der Waals surface area contributed by atoms with E-state index in [0.29, 0.717) is 12.1 Å². The Labute approximate surface area is 127 Å². The van der Waals surface area contributed by atoms with Crippen LogP contribution < -0.4 is 15.4 Å². The number of sulfonamides is 1. The van der Waals surface area contributed by atoms with Crippen LogP contribution in [-0.2, 0) is 10.0 Å². The predicted octanol–water partition coefficient (Wildman–Crippen LogP) is 1.69. The Morgan fingerprint density at radius 1 is 1.29 bits per heavy atom. The van der Waals surface area contributed by atoms with Gasteiger partial charge in [0.15, 0.2) is 0 Å². The van der Waals surface area contributed by atoms with Crippen LogP contribution in [0.3, 0.4) is 0 Å². The van der Waals surface area contributed by atoms with Crippen molar-refractivity contribution < 1.29 is 8.42 Å². The summed E-state index contributed by atoms with van der Waals surface area (Å²) in [6.07, 6.45) is 3.72. The van der Waals surface area contributed by atoms with Crippen molar-refractivity contribution in [3.63, 3.8) is 0 Å². The Morgan fingerprint density at radius 3 is 2.43 bits per heavy atom. The summed E-state index contributed by atoms with van der Waals surface area (Å²) in [7, 11) is -3.62. The van der Waals surface area contributed by atoms with Crippen molar-refractivity contribution in [2.75, 3.05) is 18.0 Å². The summed E-state index contributed by atoms with van der Waals surface area (Å²) in [6, 6.07) is 7.68. The van der Waals surface area contributed by atoms with Crippen LogP contribution in [0, 0.1) is 0 Å². The maximum Gasteiger partial charge on any atom is 0.238 e. The van der Waals surface area contributed by atoms with E-state index in [2.05, 4.69) is 24.1 Å². The first-order valence-corrected chi connectivity index (χ1v) is 9.05. The number of nitrogens with two attached hydrogens (primary N) is 1. The van der Waals surface area contributed by atoms with E-state index >= 15 is 0 Å². The largest absolute Gasteiger partial charge is 0.368 e. The molecule has 1 aliphatic heterocycles. The fraction of sp³-hybridized carbons (Fsp3) is 0.600. The van der Waals surface area contributed by atoms with Gasteiger partial charge in [-0.2, -0.15) is 0 Å². The SMILES string of the molecule is CC(C)N(CC1CCCCN1)c1ccc(S(N)(=O)=O)cc1. The van der Waals surface area contributed by atoms with Crippen molar-refractivity contribution in [2.45, 2.75) is 50.1 Å². The topological polar surface area (TPSA) is 75.4 Å². The van der Waals surface area contributed by atoms with Crippen LogP contribution in [0.2, 0.25) is 0 Å². The maximum atomic E-state index is 11.3. The van der Waals surface area contributed by atoms with Crippen molar-refractivity contribution in [3.8, 4) is 0 Å². The van der Waals surface area contributed by atoms with Gasteiger partial charge in [-0.1, -0.05) is 6.42 Å². The minimum atomic E-state index is -3.62. The second kappa shape index (κ2) is 6.77. The molecule has 5 nitrogen and oxygen atoms in total. The number of rotatable bonds is 5. The van der Waals surface area contributed by atoms with E-state index in [9.17, 15) is 8.42 Å². The summed E-state index contributed by atoms with van der Waals surface area (Å²) in [6.45, 7) is 6.32. The molecule has 0 radical (unpaired) electrons. The van der Waals surface area contributed by atoms with E-state index < -0.39 is 10.0 Å². The maximum absolute atomic E-state index is 11.3. The van der Waals surface area contributed by atoms with Gasteiger partial charge in [-0.15, -0.1) is 0 Å². The average molecular weight is 311 g/mol. The third-order valence-corrected chi connectivity index (χ3v) is 4.88. The van der Waals surface area contributed by atoms with E-state index in [1.165, 1.54) is 19.3 Å². The van der Waals surface area contributed by atoms with Crippen LogP contribution in [0.15, 0.2) is 29.2 Å². The minimum absolute atomic E-state index is 0.158. The van der Waals surface area contributed by atoms with E-state index in [0.717, 1.165) is 18.8 Å². The lowest BCUT2D eigenvalue weighted by Gasteiger charge is -2.35. The highest BCUT2D eigenvalue weighted by Gasteiger charge is 2.19. The Balaban J connectivity index is 2.14. The van der Waals surface area contributed by atoms with Crippen molar-refractivity contribution in [3.05, 3.63) is 24.3 Å².